The van der Waals surface area contributed by atoms with Gasteiger partial charge in [-0.05, 0) is 12.0 Å². The summed E-state index contributed by atoms with van der Waals surface area (Å²) >= 11 is 4.41. The summed E-state index contributed by atoms with van der Waals surface area (Å²) in [7, 11) is 0. The molecule has 2 rings (SSSR count). The monoisotopic (exact) mass is 281 g/mol. The van der Waals surface area contributed by atoms with E-state index in [0.29, 0.717) is 26.2 Å². The predicted molar refractivity (Wildman–Crippen MR) is 76.3 cm³/mol. The quantitative estimate of drug-likeness (QED) is 0.801. The molecule has 0 aliphatic carbocycles. The molecule has 0 spiro atoms. The van der Waals surface area contributed by atoms with E-state index in [1.165, 1.54) is 0 Å². The first-order valence-electron chi connectivity index (χ1n) is 6.43. The van der Waals surface area contributed by atoms with Crippen LogP contribution in [-0.2, 0) is 16.0 Å². The number of morpholine rings is 1. The lowest BCUT2D eigenvalue weighted by Gasteiger charge is -2.35. The summed E-state index contributed by atoms with van der Waals surface area (Å²) in [6, 6.07) is 9.57. The Morgan fingerprint density at radius 2 is 2.21 bits per heavy atom. The summed E-state index contributed by atoms with van der Waals surface area (Å²) in [5.74, 6) is -0.0328. The van der Waals surface area contributed by atoms with Crippen molar-refractivity contribution in [3.05, 3.63) is 35.9 Å². The van der Waals surface area contributed by atoms with Gasteiger partial charge in [-0.2, -0.15) is 12.6 Å². The number of rotatable bonds is 4. The Kier molecular flexibility index (Phi) is 5.24. The second-order valence-corrected chi connectivity index (χ2v) is 5.27. The molecular weight excluding hydrogens is 262 g/mol. The molecule has 2 atom stereocenters. The molecule has 104 valence electrons. The van der Waals surface area contributed by atoms with Gasteiger partial charge in [0.15, 0.2) is 0 Å². The Balaban J connectivity index is 1.98. The number of nitrogens with zero attached hydrogens (tertiary/aromatic N) is 1. The van der Waals surface area contributed by atoms with Gasteiger partial charge < -0.3 is 14.7 Å². The minimum absolute atomic E-state index is 0.0328. The van der Waals surface area contributed by atoms with Crippen molar-refractivity contribution < 1.29 is 14.6 Å². The third-order valence-electron chi connectivity index (χ3n) is 3.28. The SMILES string of the molecule is O=C(C(S)Cc1ccccc1)N1CCOCC1CO. The lowest BCUT2D eigenvalue weighted by molar-refractivity contribution is -0.140. The topological polar surface area (TPSA) is 49.8 Å². The summed E-state index contributed by atoms with van der Waals surface area (Å²) in [6.07, 6.45) is 0.596. The first kappa shape index (κ1) is 14.4. The summed E-state index contributed by atoms with van der Waals surface area (Å²) < 4.78 is 5.27. The van der Waals surface area contributed by atoms with E-state index in [2.05, 4.69) is 12.6 Å². The highest BCUT2D eigenvalue weighted by molar-refractivity contribution is 7.81. The van der Waals surface area contributed by atoms with Crippen molar-refractivity contribution in [3.8, 4) is 0 Å². The maximum Gasteiger partial charge on any atom is 0.236 e. The largest absolute Gasteiger partial charge is 0.394 e. The zero-order chi connectivity index (χ0) is 13.7. The molecule has 4 nitrogen and oxygen atoms in total. The fourth-order valence-corrected chi connectivity index (χ4v) is 2.57. The number of carbonyl (C=O) groups excluding carboxylic acids is 1. The van der Waals surface area contributed by atoms with Crippen LogP contribution in [0.25, 0.3) is 0 Å². The summed E-state index contributed by atoms with van der Waals surface area (Å²) in [5.41, 5.74) is 1.09. The minimum atomic E-state index is -0.380. The predicted octanol–water partition coefficient (Wildman–Crippen LogP) is 0.747. The van der Waals surface area contributed by atoms with Crippen LogP contribution in [0.15, 0.2) is 30.3 Å². The highest BCUT2D eigenvalue weighted by Gasteiger charge is 2.30. The number of aliphatic hydroxyl groups excluding tert-OH is 1. The number of thiol groups is 1. The second-order valence-electron chi connectivity index (χ2n) is 4.65. The standard InChI is InChI=1S/C14H19NO3S/c16-9-12-10-18-7-6-15(12)14(17)13(19)8-11-4-2-1-3-5-11/h1-5,12-13,16,19H,6-10H2. The molecule has 1 aliphatic rings. The van der Waals surface area contributed by atoms with Gasteiger partial charge >= 0.3 is 0 Å². The molecule has 1 amide bonds. The minimum Gasteiger partial charge on any atom is -0.394 e. The summed E-state index contributed by atoms with van der Waals surface area (Å²) in [5, 5.41) is 8.90. The van der Waals surface area contributed by atoms with E-state index in [1.54, 1.807) is 4.90 Å². The zero-order valence-corrected chi connectivity index (χ0v) is 11.6. The van der Waals surface area contributed by atoms with Gasteiger partial charge in [-0.3, -0.25) is 4.79 Å². The van der Waals surface area contributed by atoms with Crippen LogP contribution in [0.2, 0.25) is 0 Å². The third-order valence-corrected chi connectivity index (χ3v) is 3.68. The molecule has 1 fully saturated rings. The molecule has 1 saturated heterocycles. The maximum absolute atomic E-state index is 12.4. The van der Waals surface area contributed by atoms with Crippen molar-refractivity contribution >= 4 is 18.5 Å². The summed E-state index contributed by atoms with van der Waals surface area (Å²) in [4.78, 5) is 14.0. The number of aliphatic hydroxyl groups is 1. The first-order chi connectivity index (χ1) is 9.22. The molecule has 1 heterocycles. The van der Waals surface area contributed by atoms with E-state index in [0.717, 1.165) is 5.56 Å². The fourth-order valence-electron chi connectivity index (χ4n) is 2.21. The van der Waals surface area contributed by atoms with Gasteiger partial charge in [-0.25, -0.2) is 0 Å². The van der Waals surface area contributed by atoms with E-state index >= 15 is 0 Å². The average molecular weight is 281 g/mol. The Labute approximate surface area is 118 Å². The molecule has 1 N–H and O–H groups in total. The van der Waals surface area contributed by atoms with Gasteiger partial charge in [-0.1, -0.05) is 30.3 Å². The van der Waals surface area contributed by atoms with Crippen molar-refractivity contribution in [1.29, 1.82) is 0 Å². The Hall–Kier alpha value is -1.04. The van der Waals surface area contributed by atoms with E-state index in [9.17, 15) is 9.90 Å². The molecule has 0 saturated carbocycles. The molecular formula is C14H19NO3S. The van der Waals surface area contributed by atoms with Crippen LogP contribution in [0, 0.1) is 0 Å². The van der Waals surface area contributed by atoms with Gasteiger partial charge in [-0.15, -0.1) is 0 Å². The van der Waals surface area contributed by atoms with Crippen LogP contribution in [0.1, 0.15) is 5.56 Å². The summed E-state index contributed by atoms with van der Waals surface area (Å²) in [6.45, 7) is 1.37. The van der Waals surface area contributed by atoms with Crippen LogP contribution >= 0.6 is 12.6 Å². The third kappa shape index (κ3) is 3.72. The van der Waals surface area contributed by atoms with Crippen LogP contribution in [-0.4, -0.2) is 53.6 Å². The fraction of sp³-hybridized carbons (Fsp3) is 0.500. The molecule has 1 aromatic carbocycles. The van der Waals surface area contributed by atoms with Gasteiger partial charge in [0.1, 0.15) is 0 Å². The van der Waals surface area contributed by atoms with E-state index in [-0.39, 0.29) is 23.8 Å². The molecule has 2 unspecified atom stereocenters. The van der Waals surface area contributed by atoms with Crippen LogP contribution in [0.3, 0.4) is 0 Å². The number of hydrogen-bond acceptors (Lipinski definition) is 4. The first-order valence-corrected chi connectivity index (χ1v) is 6.95. The van der Waals surface area contributed by atoms with Gasteiger partial charge in [0.25, 0.3) is 0 Å². The van der Waals surface area contributed by atoms with Crippen LogP contribution < -0.4 is 0 Å². The van der Waals surface area contributed by atoms with E-state index in [4.69, 9.17) is 4.74 Å². The lowest BCUT2D eigenvalue weighted by atomic mass is 10.1. The normalized spacial score (nSPS) is 21.2. The molecule has 0 bridgehead atoms. The highest BCUT2D eigenvalue weighted by Crippen LogP contribution is 2.15. The zero-order valence-electron chi connectivity index (χ0n) is 10.7. The number of hydrogen-bond donors (Lipinski definition) is 2. The Morgan fingerprint density at radius 1 is 1.47 bits per heavy atom. The molecule has 5 heteroatoms. The van der Waals surface area contributed by atoms with Gasteiger partial charge in [0.2, 0.25) is 5.91 Å². The number of amides is 1. The number of ether oxygens (including phenoxy) is 1. The number of benzene rings is 1. The lowest BCUT2D eigenvalue weighted by Crippen LogP contribution is -2.53. The van der Waals surface area contributed by atoms with Crippen molar-refractivity contribution in [1.82, 2.24) is 4.90 Å². The maximum atomic E-state index is 12.4. The van der Waals surface area contributed by atoms with Crippen LogP contribution in [0.5, 0.6) is 0 Å². The molecule has 19 heavy (non-hydrogen) atoms. The van der Waals surface area contributed by atoms with Crippen molar-refractivity contribution in [3.63, 3.8) is 0 Å². The van der Waals surface area contributed by atoms with Crippen LogP contribution in [0.4, 0.5) is 0 Å². The average Bonchev–Trinajstić information content (AvgIpc) is 2.47. The highest BCUT2D eigenvalue weighted by atomic mass is 32.1. The molecule has 1 aromatic rings. The Bertz CT molecular complexity index is 412. The smallest absolute Gasteiger partial charge is 0.236 e. The van der Waals surface area contributed by atoms with Crippen molar-refractivity contribution in [2.24, 2.45) is 0 Å². The number of carbonyl (C=O) groups is 1. The second kappa shape index (κ2) is 6.93. The van der Waals surface area contributed by atoms with E-state index in [1.807, 2.05) is 30.3 Å². The van der Waals surface area contributed by atoms with Gasteiger partial charge in [0, 0.05) is 6.54 Å². The Morgan fingerprint density at radius 3 is 2.89 bits per heavy atom. The van der Waals surface area contributed by atoms with Gasteiger partial charge in [0.05, 0.1) is 31.1 Å². The van der Waals surface area contributed by atoms with Crippen molar-refractivity contribution in [2.75, 3.05) is 26.4 Å². The molecule has 0 radical (unpaired) electrons. The van der Waals surface area contributed by atoms with Crippen molar-refractivity contribution in [2.45, 2.75) is 17.7 Å². The molecule has 0 aromatic heterocycles. The van der Waals surface area contributed by atoms with E-state index < -0.39 is 0 Å². The molecule has 1 aliphatic heterocycles.